The van der Waals surface area contributed by atoms with Gasteiger partial charge in [0.2, 0.25) is 0 Å². The Hall–Kier alpha value is -3.20. The zero-order valence-electron chi connectivity index (χ0n) is 23.5. The summed E-state index contributed by atoms with van der Waals surface area (Å²) in [6.07, 6.45) is 1.27. The number of benzene rings is 3. The Labute approximate surface area is 222 Å². The van der Waals surface area contributed by atoms with Gasteiger partial charge in [0.15, 0.2) is 0 Å². The first-order valence-corrected chi connectivity index (χ1v) is 13.3. The fourth-order valence-corrected chi connectivity index (χ4v) is 4.98. The van der Waals surface area contributed by atoms with Crippen LogP contribution in [0.1, 0.15) is 86.1 Å². The number of fused-ring (bicyclic) bond motifs is 4. The predicted octanol–water partition coefficient (Wildman–Crippen LogP) is 7.19. The molecule has 0 saturated carbocycles. The molecule has 0 heterocycles. The van der Waals surface area contributed by atoms with Crippen molar-refractivity contribution < 1.29 is 14.3 Å². The van der Waals surface area contributed by atoms with Crippen molar-refractivity contribution in [1.82, 2.24) is 0 Å². The standard InChI is InChI=1S/C34H40O3/c1-22-24-13-28(33(2,3)4)14-25(22)18-31(36)20-27-16-29(34(5,6)7)15-26(19-30(35)17-24)32(27)37-21-23-11-9-8-10-12-23/h8-16H,17-21H2,1-7H3. The van der Waals surface area contributed by atoms with E-state index in [-0.39, 0.29) is 35.2 Å². The summed E-state index contributed by atoms with van der Waals surface area (Å²) in [5.74, 6) is 1.01. The molecule has 0 saturated heterocycles. The molecule has 1 aliphatic carbocycles. The quantitative estimate of drug-likeness (QED) is 0.385. The maximum Gasteiger partial charge on any atom is 0.141 e. The molecule has 3 aromatic carbocycles. The van der Waals surface area contributed by atoms with E-state index < -0.39 is 0 Å². The smallest absolute Gasteiger partial charge is 0.141 e. The summed E-state index contributed by atoms with van der Waals surface area (Å²) in [4.78, 5) is 27.1. The van der Waals surface area contributed by atoms with Crippen LogP contribution in [0.2, 0.25) is 0 Å². The van der Waals surface area contributed by atoms with Gasteiger partial charge in [-0.25, -0.2) is 0 Å². The highest BCUT2D eigenvalue weighted by Gasteiger charge is 2.25. The van der Waals surface area contributed by atoms with E-state index in [1.54, 1.807) is 0 Å². The average Bonchev–Trinajstić information content (AvgIpc) is 2.79. The molecule has 4 bridgehead atoms. The normalized spacial score (nSPS) is 14.7. The Bertz CT molecular complexity index is 1260. The van der Waals surface area contributed by atoms with E-state index in [9.17, 15) is 9.59 Å². The van der Waals surface area contributed by atoms with Gasteiger partial charge >= 0.3 is 0 Å². The topological polar surface area (TPSA) is 43.4 Å². The fraction of sp³-hybridized carbons (Fsp3) is 0.412. The highest BCUT2D eigenvalue weighted by molar-refractivity contribution is 5.87. The van der Waals surface area contributed by atoms with E-state index in [2.05, 4.69) is 72.7 Å². The second kappa shape index (κ2) is 10.3. The molecular formula is C34H40O3. The Kier molecular flexibility index (Phi) is 7.46. The minimum atomic E-state index is -0.118. The first kappa shape index (κ1) is 26.9. The van der Waals surface area contributed by atoms with Gasteiger partial charge in [-0.2, -0.15) is 0 Å². The third-order valence-electron chi connectivity index (χ3n) is 7.37. The van der Waals surface area contributed by atoms with Crippen LogP contribution in [0.4, 0.5) is 0 Å². The van der Waals surface area contributed by atoms with Crippen LogP contribution in [0.15, 0.2) is 54.6 Å². The lowest BCUT2D eigenvalue weighted by atomic mass is 9.80. The molecule has 0 aliphatic heterocycles. The minimum Gasteiger partial charge on any atom is -0.488 e. The van der Waals surface area contributed by atoms with Gasteiger partial charge in [-0.1, -0.05) is 96.1 Å². The van der Waals surface area contributed by atoms with Crippen molar-refractivity contribution in [2.75, 3.05) is 0 Å². The Morgan fingerprint density at radius 1 is 0.649 bits per heavy atom. The number of carbonyl (C=O) groups excluding carboxylic acids is 2. The molecule has 0 amide bonds. The van der Waals surface area contributed by atoms with E-state index in [1.165, 1.54) is 5.56 Å². The summed E-state index contributed by atoms with van der Waals surface area (Å²) < 4.78 is 6.40. The molecule has 3 heteroatoms. The molecular weight excluding hydrogens is 456 g/mol. The van der Waals surface area contributed by atoms with Crippen molar-refractivity contribution in [3.63, 3.8) is 0 Å². The van der Waals surface area contributed by atoms with Gasteiger partial charge in [0.1, 0.15) is 23.9 Å². The van der Waals surface area contributed by atoms with Crippen LogP contribution in [0.5, 0.6) is 5.75 Å². The summed E-state index contributed by atoms with van der Waals surface area (Å²) in [6.45, 7) is 15.5. The van der Waals surface area contributed by atoms with Crippen LogP contribution in [0.3, 0.4) is 0 Å². The Balaban J connectivity index is 1.82. The van der Waals surface area contributed by atoms with Crippen LogP contribution in [0, 0.1) is 6.92 Å². The predicted molar refractivity (Wildman–Crippen MR) is 151 cm³/mol. The number of hydrogen-bond acceptors (Lipinski definition) is 3. The van der Waals surface area contributed by atoms with Gasteiger partial charge in [-0.3, -0.25) is 9.59 Å². The van der Waals surface area contributed by atoms with Crippen LogP contribution in [-0.2, 0) is 52.7 Å². The van der Waals surface area contributed by atoms with E-state index in [4.69, 9.17) is 4.74 Å². The van der Waals surface area contributed by atoms with Crippen LogP contribution < -0.4 is 4.74 Å². The van der Waals surface area contributed by atoms with Crippen molar-refractivity contribution in [2.45, 2.75) is 91.6 Å². The lowest BCUT2D eigenvalue weighted by Crippen LogP contribution is -2.20. The molecule has 0 atom stereocenters. The monoisotopic (exact) mass is 496 g/mol. The molecule has 0 unspecified atom stereocenters. The SMILES string of the molecule is Cc1c2cc(C(C)(C)C)cc1CC(=O)Cc1cc(C(C)(C)C)cc(c1OCc1ccccc1)CC(=O)C2. The van der Waals surface area contributed by atoms with Crippen LogP contribution >= 0.6 is 0 Å². The van der Waals surface area contributed by atoms with E-state index >= 15 is 0 Å². The molecule has 0 spiro atoms. The second-order valence-corrected chi connectivity index (χ2v) is 12.6. The van der Waals surface area contributed by atoms with Crippen molar-refractivity contribution in [2.24, 2.45) is 0 Å². The first-order chi connectivity index (χ1) is 17.3. The summed E-state index contributed by atoms with van der Waals surface area (Å²) in [7, 11) is 0. The summed E-state index contributed by atoms with van der Waals surface area (Å²) >= 11 is 0. The van der Waals surface area contributed by atoms with Gasteiger partial charge in [-0.15, -0.1) is 0 Å². The first-order valence-electron chi connectivity index (χ1n) is 13.3. The average molecular weight is 497 g/mol. The fourth-order valence-electron chi connectivity index (χ4n) is 4.98. The minimum absolute atomic E-state index is 0.0648. The van der Waals surface area contributed by atoms with Gasteiger partial charge in [0.05, 0.1) is 0 Å². The van der Waals surface area contributed by atoms with Crippen molar-refractivity contribution in [3.8, 4) is 5.75 Å². The second-order valence-electron chi connectivity index (χ2n) is 12.6. The third-order valence-corrected chi connectivity index (χ3v) is 7.37. The Morgan fingerprint density at radius 3 is 1.49 bits per heavy atom. The molecule has 4 rings (SSSR count). The summed E-state index contributed by atoms with van der Waals surface area (Å²) in [5.41, 5.74) is 8.03. The van der Waals surface area contributed by atoms with Gasteiger partial charge in [0.25, 0.3) is 0 Å². The Morgan fingerprint density at radius 2 is 1.05 bits per heavy atom. The maximum absolute atomic E-state index is 13.6. The lowest BCUT2D eigenvalue weighted by molar-refractivity contribution is -0.118. The highest BCUT2D eigenvalue weighted by Crippen LogP contribution is 2.35. The zero-order chi connectivity index (χ0) is 27.0. The van der Waals surface area contributed by atoms with Crippen molar-refractivity contribution in [1.29, 1.82) is 0 Å². The molecule has 3 nitrogen and oxygen atoms in total. The number of hydrogen-bond donors (Lipinski definition) is 0. The number of ketones is 2. The number of Topliss-reactive ketones (excluding diaryl/α,β-unsaturated/α-hetero) is 2. The molecule has 194 valence electrons. The number of ether oxygens (including phenoxy) is 1. The van der Waals surface area contributed by atoms with E-state index in [0.29, 0.717) is 25.2 Å². The highest BCUT2D eigenvalue weighted by atomic mass is 16.5. The van der Waals surface area contributed by atoms with Crippen LogP contribution in [-0.4, -0.2) is 11.6 Å². The molecule has 37 heavy (non-hydrogen) atoms. The summed E-state index contributed by atoms with van der Waals surface area (Å²) in [6, 6.07) is 18.6. The van der Waals surface area contributed by atoms with Crippen molar-refractivity contribution in [3.05, 3.63) is 99.1 Å². The molecule has 3 aromatic rings. The van der Waals surface area contributed by atoms with Gasteiger partial charge in [-0.05, 0) is 51.1 Å². The van der Waals surface area contributed by atoms with Crippen LogP contribution in [0.25, 0.3) is 0 Å². The largest absolute Gasteiger partial charge is 0.488 e. The number of rotatable bonds is 3. The third kappa shape index (κ3) is 6.39. The van der Waals surface area contributed by atoms with E-state index in [0.717, 1.165) is 38.9 Å². The summed E-state index contributed by atoms with van der Waals surface area (Å²) in [5, 5.41) is 0. The number of carbonyl (C=O) groups is 2. The molecule has 0 fully saturated rings. The van der Waals surface area contributed by atoms with Gasteiger partial charge in [0, 0.05) is 36.8 Å². The molecule has 1 aliphatic rings. The van der Waals surface area contributed by atoms with E-state index in [1.807, 2.05) is 30.3 Å². The molecule has 0 N–H and O–H groups in total. The molecule has 0 radical (unpaired) electrons. The molecule has 0 aromatic heterocycles. The maximum atomic E-state index is 13.6. The zero-order valence-corrected chi connectivity index (χ0v) is 23.5. The van der Waals surface area contributed by atoms with Crippen molar-refractivity contribution >= 4 is 11.6 Å². The van der Waals surface area contributed by atoms with Gasteiger partial charge < -0.3 is 4.74 Å². The lowest BCUT2D eigenvalue weighted by Gasteiger charge is -2.26.